The topological polar surface area (TPSA) is 57.5 Å². The van der Waals surface area contributed by atoms with E-state index < -0.39 is 0 Å². The average molecular weight is 322 g/mol. The Morgan fingerprint density at radius 2 is 1.26 bits per heavy atom. The van der Waals surface area contributed by atoms with Gasteiger partial charge in [0, 0.05) is 5.54 Å². The van der Waals surface area contributed by atoms with Crippen molar-refractivity contribution in [1.29, 1.82) is 0 Å². The van der Waals surface area contributed by atoms with Gasteiger partial charge in [0.25, 0.3) is 0 Å². The fourth-order valence-corrected chi connectivity index (χ4v) is 3.17. The quantitative estimate of drug-likeness (QED) is 0.506. The van der Waals surface area contributed by atoms with E-state index in [9.17, 15) is 0 Å². The molecule has 0 aliphatic carbocycles. The van der Waals surface area contributed by atoms with Crippen LogP contribution in [0.2, 0.25) is 0 Å². The number of nitrogens with two attached hydrogens (primary N) is 1. The van der Waals surface area contributed by atoms with Crippen molar-refractivity contribution in [3.05, 3.63) is 35.4 Å². The van der Waals surface area contributed by atoms with Crippen molar-refractivity contribution in [1.82, 2.24) is 0 Å². The van der Waals surface area contributed by atoms with E-state index >= 15 is 0 Å². The Bertz CT molecular complexity index is 395. The lowest BCUT2D eigenvalue weighted by molar-refractivity contribution is 0.538. The number of benzene rings is 1. The van der Waals surface area contributed by atoms with Gasteiger partial charge < -0.3 is 11.2 Å². The molecule has 4 N–H and O–H groups in total. The standard InChI is InChI=1S/C21H37N.H2O/c1-4-5-6-7-8-9-10-11-12-13-16-19-17-14-15-18-20(19)21(2,3)22;/h14-15,17-18H,4-13,16,22H2,1-3H3;1H2. The van der Waals surface area contributed by atoms with Gasteiger partial charge in [0.2, 0.25) is 0 Å². The summed E-state index contributed by atoms with van der Waals surface area (Å²) in [5, 5.41) is 0. The number of unbranched alkanes of at least 4 members (excludes halogenated alkanes) is 9. The van der Waals surface area contributed by atoms with E-state index in [0.29, 0.717) is 0 Å². The first-order chi connectivity index (χ1) is 10.6. The lowest BCUT2D eigenvalue weighted by Gasteiger charge is -2.23. The summed E-state index contributed by atoms with van der Waals surface area (Å²) in [6.07, 6.45) is 15.1. The summed E-state index contributed by atoms with van der Waals surface area (Å²) < 4.78 is 0. The molecule has 134 valence electrons. The zero-order valence-electron chi connectivity index (χ0n) is 15.7. The van der Waals surface area contributed by atoms with Crippen LogP contribution in [0.25, 0.3) is 0 Å². The molecule has 0 heterocycles. The smallest absolute Gasteiger partial charge is 0.0355 e. The average Bonchev–Trinajstić information content (AvgIpc) is 2.48. The monoisotopic (exact) mass is 321 g/mol. The molecule has 0 aliphatic rings. The first kappa shape index (κ1) is 22.1. The van der Waals surface area contributed by atoms with E-state index in [1.807, 2.05) is 0 Å². The van der Waals surface area contributed by atoms with Crippen LogP contribution >= 0.6 is 0 Å². The Hall–Kier alpha value is -0.860. The van der Waals surface area contributed by atoms with Gasteiger partial charge in [0.05, 0.1) is 0 Å². The van der Waals surface area contributed by atoms with Crippen LogP contribution in [-0.4, -0.2) is 5.48 Å². The first-order valence-corrected chi connectivity index (χ1v) is 9.43. The maximum absolute atomic E-state index is 6.28. The molecule has 1 aromatic rings. The summed E-state index contributed by atoms with van der Waals surface area (Å²) in [7, 11) is 0. The van der Waals surface area contributed by atoms with Crippen LogP contribution in [0.5, 0.6) is 0 Å². The number of rotatable bonds is 12. The summed E-state index contributed by atoms with van der Waals surface area (Å²) in [6.45, 7) is 6.48. The van der Waals surface area contributed by atoms with Crippen LogP contribution in [0.1, 0.15) is 96.1 Å². The van der Waals surface area contributed by atoms with Crippen LogP contribution in [0.4, 0.5) is 0 Å². The van der Waals surface area contributed by atoms with Gasteiger partial charge in [0.1, 0.15) is 0 Å². The van der Waals surface area contributed by atoms with Crippen LogP contribution < -0.4 is 5.73 Å². The van der Waals surface area contributed by atoms with Crippen molar-refractivity contribution < 1.29 is 5.48 Å². The van der Waals surface area contributed by atoms with Crippen molar-refractivity contribution in [3.8, 4) is 0 Å². The molecule has 1 rings (SSSR count). The second-order valence-electron chi connectivity index (χ2n) is 7.31. The minimum absolute atomic E-state index is 0. The third-order valence-corrected chi connectivity index (χ3v) is 4.51. The van der Waals surface area contributed by atoms with Crippen molar-refractivity contribution in [2.24, 2.45) is 5.73 Å². The summed E-state index contributed by atoms with van der Waals surface area (Å²) >= 11 is 0. The van der Waals surface area contributed by atoms with Gasteiger partial charge in [0.15, 0.2) is 0 Å². The number of hydrogen-bond acceptors (Lipinski definition) is 1. The fourth-order valence-electron chi connectivity index (χ4n) is 3.17. The van der Waals surface area contributed by atoms with Crippen LogP contribution in [0, 0.1) is 0 Å². The van der Waals surface area contributed by atoms with E-state index in [0.717, 1.165) is 0 Å². The van der Waals surface area contributed by atoms with Gasteiger partial charge in [-0.1, -0.05) is 89.0 Å². The predicted octanol–water partition coefficient (Wildman–Crippen LogP) is 5.52. The lowest BCUT2D eigenvalue weighted by Crippen LogP contribution is -2.30. The Kier molecular flexibility index (Phi) is 12.1. The molecule has 0 unspecified atom stereocenters. The van der Waals surface area contributed by atoms with Crippen molar-refractivity contribution >= 4 is 0 Å². The van der Waals surface area contributed by atoms with Gasteiger partial charge >= 0.3 is 0 Å². The third-order valence-electron chi connectivity index (χ3n) is 4.51. The molecule has 23 heavy (non-hydrogen) atoms. The number of hydrogen-bond donors (Lipinski definition) is 1. The van der Waals surface area contributed by atoms with Crippen LogP contribution in [0.3, 0.4) is 0 Å². The molecular formula is C21H39NO. The molecule has 0 aromatic heterocycles. The van der Waals surface area contributed by atoms with E-state index in [1.165, 1.54) is 81.8 Å². The fraction of sp³-hybridized carbons (Fsp3) is 0.714. The molecule has 0 bridgehead atoms. The maximum Gasteiger partial charge on any atom is 0.0355 e. The second-order valence-corrected chi connectivity index (χ2v) is 7.31. The summed E-state index contributed by atoms with van der Waals surface area (Å²) in [6, 6.07) is 8.68. The molecule has 0 fully saturated rings. The lowest BCUT2D eigenvalue weighted by atomic mass is 9.89. The zero-order chi connectivity index (χ0) is 16.3. The van der Waals surface area contributed by atoms with Gasteiger partial charge in [-0.3, -0.25) is 0 Å². The minimum atomic E-state index is -0.227. The van der Waals surface area contributed by atoms with E-state index in [-0.39, 0.29) is 11.0 Å². The molecule has 0 radical (unpaired) electrons. The molecule has 0 saturated carbocycles. The molecule has 0 aliphatic heterocycles. The summed E-state index contributed by atoms with van der Waals surface area (Å²) in [4.78, 5) is 0. The van der Waals surface area contributed by atoms with E-state index in [4.69, 9.17) is 5.73 Å². The second kappa shape index (κ2) is 12.5. The van der Waals surface area contributed by atoms with E-state index in [2.05, 4.69) is 45.0 Å². The molecular weight excluding hydrogens is 282 g/mol. The zero-order valence-corrected chi connectivity index (χ0v) is 15.7. The van der Waals surface area contributed by atoms with Crippen LogP contribution in [-0.2, 0) is 12.0 Å². The first-order valence-electron chi connectivity index (χ1n) is 9.43. The van der Waals surface area contributed by atoms with Gasteiger partial charge in [-0.25, -0.2) is 0 Å². The Labute approximate surface area is 144 Å². The van der Waals surface area contributed by atoms with Gasteiger partial charge in [-0.05, 0) is 37.8 Å². The molecule has 0 atom stereocenters. The highest BCUT2D eigenvalue weighted by atomic mass is 16.0. The molecule has 0 saturated heterocycles. The largest absolute Gasteiger partial charge is 0.412 e. The van der Waals surface area contributed by atoms with Crippen molar-refractivity contribution in [2.45, 2.75) is 96.9 Å². The van der Waals surface area contributed by atoms with Gasteiger partial charge in [-0.2, -0.15) is 0 Å². The molecule has 1 aromatic carbocycles. The minimum Gasteiger partial charge on any atom is -0.412 e. The highest BCUT2D eigenvalue weighted by Gasteiger charge is 2.17. The summed E-state index contributed by atoms with van der Waals surface area (Å²) in [5.41, 5.74) is 8.80. The Balaban J connectivity index is 0.00000484. The maximum atomic E-state index is 6.28. The molecule has 2 nitrogen and oxygen atoms in total. The van der Waals surface area contributed by atoms with Gasteiger partial charge in [-0.15, -0.1) is 0 Å². The number of aryl methyl sites for hydroxylation is 1. The SMILES string of the molecule is CCCCCCCCCCCCc1ccccc1C(C)(C)N.O. The molecule has 0 spiro atoms. The van der Waals surface area contributed by atoms with E-state index in [1.54, 1.807) is 0 Å². The third kappa shape index (κ3) is 9.78. The molecule has 0 amide bonds. The Morgan fingerprint density at radius 3 is 1.78 bits per heavy atom. The Morgan fingerprint density at radius 1 is 0.783 bits per heavy atom. The molecule has 2 heteroatoms. The van der Waals surface area contributed by atoms with Crippen molar-refractivity contribution in [2.75, 3.05) is 0 Å². The van der Waals surface area contributed by atoms with Crippen LogP contribution in [0.15, 0.2) is 24.3 Å². The normalized spacial score (nSPS) is 11.3. The van der Waals surface area contributed by atoms with Crippen molar-refractivity contribution in [3.63, 3.8) is 0 Å². The highest BCUT2D eigenvalue weighted by molar-refractivity contribution is 5.32. The summed E-state index contributed by atoms with van der Waals surface area (Å²) in [5.74, 6) is 0. The highest BCUT2D eigenvalue weighted by Crippen LogP contribution is 2.23. The predicted molar refractivity (Wildman–Crippen MR) is 103 cm³/mol.